The summed E-state index contributed by atoms with van der Waals surface area (Å²) in [5.74, 6) is 0.395. The first kappa shape index (κ1) is 13.2. The highest BCUT2D eigenvalue weighted by Gasteiger charge is 2.35. The molecule has 2 rings (SSSR count). The Morgan fingerprint density at radius 3 is 2.41 bits per heavy atom. The fraction of sp³-hybridized carbons (Fsp3) is 1.00. The van der Waals surface area contributed by atoms with E-state index >= 15 is 0 Å². The molecule has 2 aliphatic rings. The average molecular weight is 263 g/mol. The van der Waals surface area contributed by atoms with E-state index in [1.54, 1.807) is 0 Å². The number of nitrogens with zero attached hydrogens (tertiary/aromatic N) is 2. The van der Waals surface area contributed by atoms with Gasteiger partial charge in [-0.1, -0.05) is 6.92 Å². The lowest BCUT2D eigenvalue weighted by molar-refractivity contribution is 0.0690. The largest absolute Gasteiger partial charge is 0.379 e. The van der Waals surface area contributed by atoms with Gasteiger partial charge in [0.1, 0.15) is 0 Å². The maximum absolute atomic E-state index is 12.3. The van der Waals surface area contributed by atoms with Crippen LogP contribution in [0, 0.1) is 5.92 Å². The van der Waals surface area contributed by atoms with Gasteiger partial charge < -0.3 is 10.5 Å². The number of hydrogen-bond donors (Lipinski definition) is 1. The molecule has 0 aromatic carbocycles. The fourth-order valence-corrected chi connectivity index (χ4v) is 3.85. The molecule has 0 aromatic heterocycles. The molecule has 2 aliphatic heterocycles. The smallest absolute Gasteiger partial charge is 0.282 e. The second-order valence-electron chi connectivity index (χ2n) is 4.81. The van der Waals surface area contributed by atoms with E-state index in [2.05, 4.69) is 6.92 Å². The van der Waals surface area contributed by atoms with Gasteiger partial charge in [0.05, 0.1) is 13.2 Å². The van der Waals surface area contributed by atoms with Gasteiger partial charge >= 0.3 is 0 Å². The van der Waals surface area contributed by atoms with Gasteiger partial charge in [0, 0.05) is 32.2 Å². The van der Waals surface area contributed by atoms with Crippen molar-refractivity contribution in [3.63, 3.8) is 0 Å². The molecule has 2 saturated heterocycles. The van der Waals surface area contributed by atoms with E-state index in [1.807, 2.05) is 0 Å². The van der Waals surface area contributed by atoms with Crippen LogP contribution in [0.4, 0.5) is 0 Å². The molecule has 0 amide bonds. The summed E-state index contributed by atoms with van der Waals surface area (Å²) in [6.45, 7) is 4.94. The van der Waals surface area contributed by atoms with E-state index in [-0.39, 0.29) is 6.04 Å². The Morgan fingerprint density at radius 1 is 1.18 bits per heavy atom. The molecule has 6 nitrogen and oxygen atoms in total. The van der Waals surface area contributed by atoms with E-state index in [1.165, 1.54) is 8.61 Å². The number of ether oxygens (including phenoxy) is 1. The molecule has 0 spiro atoms. The second-order valence-corrected chi connectivity index (χ2v) is 6.74. The summed E-state index contributed by atoms with van der Waals surface area (Å²) in [5, 5.41) is 0. The van der Waals surface area contributed by atoms with Crippen LogP contribution in [-0.2, 0) is 14.9 Å². The average Bonchev–Trinajstić information content (AvgIpc) is 2.33. The topological polar surface area (TPSA) is 75.9 Å². The predicted molar refractivity (Wildman–Crippen MR) is 64.6 cm³/mol. The molecule has 0 aromatic rings. The van der Waals surface area contributed by atoms with E-state index in [0.29, 0.717) is 45.3 Å². The zero-order chi connectivity index (χ0) is 12.5. The van der Waals surface area contributed by atoms with Crippen LogP contribution in [-0.4, -0.2) is 62.5 Å². The highest BCUT2D eigenvalue weighted by Crippen LogP contribution is 2.20. The van der Waals surface area contributed by atoms with Gasteiger partial charge in [-0.05, 0) is 12.3 Å². The molecule has 100 valence electrons. The summed E-state index contributed by atoms with van der Waals surface area (Å²) >= 11 is 0. The predicted octanol–water partition coefficient (Wildman–Crippen LogP) is -0.767. The first-order valence-corrected chi connectivity index (χ1v) is 7.50. The molecule has 2 atom stereocenters. The number of hydrogen-bond acceptors (Lipinski definition) is 4. The zero-order valence-electron chi connectivity index (χ0n) is 10.2. The van der Waals surface area contributed by atoms with E-state index in [4.69, 9.17) is 10.5 Å². The normalized spacial score (nSPS) is 33.8. The van der Waals surface area contributed by atoms with Crippen LogP contribution in [0.3, 0.4) is 0 Å². The highest BCUT2D eigenvalue weighted by atomic mass is 32.2. The van der Waals surface area contributed by atoms with Crippen LogP contribution < -0.4 is 5.73 Å². The van der Waals surface area contributed by atoms with Crippen LogP contribution in [0.25, 0.3) is 0 Å². The molecular weight excluding hydrogens is 242 g/mol. The van der Waals surface area contributed by atoms with Crippen molar-refractivity contribution in [3.05, 3.63) is 0 Å². The van der Waals surface area contributed by atoms with Crippen molar-refractivity contribution in [1.29, 1.82) is 0 Å². The van der Waals surface area contributed by atoms with Gasteiger partial charge in [0.2, 0.25) is 0 Å². The van der Waals surface area contributed by atoms with E-state index in [0.717, 1.165) is 6.42 Å². The van der Waals surface area contributed by atoms with Crippen molar-refractivity contribution >= 4 is 10.2 Å². The Kier molecular flexibility index (Phi) is 4.04. The maximum Gasteiger partial charge on any atom is 0.282 e. The van der Waals surface area contributed by atoms with Crippen molar-refractivity contribution in [3.8, 4) is 0 Å². The quantitative estimate of drug-likeness (QED) is 0.710. The summed E-state index contributed by atoms with van der Waals surface area (Å²) in [6.07, 6.45) is 0.838. The van der Waals surface area contributed by atoms with E-state index in [9.17, 15) is 8.42 Å². The molecule has 0 bridgehead atoms. The van der Waals surface area contributed by atoms with Crippen molar-refractivity contribution in [2.75, 3.05) is 39.4 Å². The molecule has 0 saturated carbocycles. The van der Waals surface area contributed by atoms with Gasteiger partial charge in [-0.2, -0.15) is 17.0 Å². The fourth-order valence-electron chi connectivity index (χ4n) is 2.22. The molecule has 0 radical (unpaired) electrons. The summed E-state index contributed by atoms with van der Waals surface area (Å²) in [5.41, 5.74) is 5.95. The number of nitrogens with two attached hydrogens (primary N) is 1. The number of morpholine rings is 1. The Hall–Kier alpha value is -0.210. The maximum atomic E-state index is 12.3. The number of piperidine rings is 1. The minimum absolute atomic E-state index is 0.0560. The minimum Gasteiger partial charge on any atom is -0.379 e. The van der Waals surface area contributed by atoms with Crippen molar-refractivity contribution in [2.24, 2.45) is 11.7 Å². The van der Waals surface area contributed by atoms with Crippen LogP contribution in [0.5, 0.6) is 0 Å². The third-order valence-corrected chi connectivity index (χ3v) is 5.60. The standard InChI is InChI=1S/C10H21N3O3S/c1-9-2-3-13(8-10(9)11)17(14,15)12-4-6-16-7-5-12/h9-10H,2-8,11H2,1H3. The highest BCUT2D eigenvalue weighted by molar-refractivity contribution is 7.86. The van der Waals surface area contributed by atoms with Crippen LogP contribution in [0.2, 0.25) is 0 Å². The summed E-state index contributed by atoms with van der Waals surface area (Å²) in [4.78, 5) is 0. The second kappa shape index (κ2) is 5.19. The summed E-state index contributed by atoms with van der Waals surface area (Å²) < 4.78 is 32.9. The minimum atomic E-state index is -3.33. The van der Waals surface area contributed by atoms with Gasteiger partial charge in [-0.3, -0.25) is 0 Å². The molecule has 0 aliphatic carbocycles. The van der Waals surface area contributed by atoms with Gasteiger partial charge in [-0.15, -0.1) is 0 Å². The monoisotopic (exact) mass is 263 g/mol. The Balaban J connectivity index is 2.04. The molecule has 2 unspecified atom stereocenters. The lowest BCUT2D eigenvalue weighted by Crippen LogP contribution is -2.55. The van der Waals surface area contributed by atoms with Gasteiger partial charge in [-0.25, -0.2) is 0 Å². The SMILES string of the molecule is CC1CCN(S(=O)(=O)N2CCOCC2)CC1N. The zero-order valence-corrected chi connectivity index (χ0v) is 11.0. The molecule has 7 heteroatoms. The molecular formula is C10H21N3O3S. The van der Waals surface area contributed by atoms with Crippen molar-refractivity contribution in [1.82, 2.24) is 8.61 Å². The molecule has 2 N–H and O–H groups in total. The third-order valence-electron chi connectivity index (χ3n) is 3.60. The Bertz CT molecular complexity index is 354. The van der Waals surface area contributed by atoms with Crippen LogP contribution in [0.1, 0.15) is 13.3 Å². The summed E-state index contributed by atoms with van der Waals surface area (Å²) in [6, 6.07) is -0.0560. The van der Waals surface area contributed by atoms with E-state index < -0.39 is 10.2 Å². The molecule has 2 heterocycles. The van der Waals surface area contributed by atoms with Crippen molar-refractivity contribution in [2.45, 2.75) is 19.4 Å². The van der Waals surface area contributed by atoms with Gasteiger partial charge in [0.15, 0.2) is 0 Å². The van der Waals surface area contributed by atoms with Gasteiger partial charge in [0.25, 0.3) is 10.2 Å². The summed E-state index contributed by atoms with van der Waals surface area (Å²) in [7, 11) is -3.33. The number of rotatable bonds is 2. The van der Waals surface area contributed by atoms with Crippen LogP contribution in [0.15, 0.2) is 0 Å². The first-order valence-electron chi connectivity index (χ1n) is 6.10. The Morgan fingerprint density at radius 2 is 1.82 bits per heavy atom. The lowest BCUT2D eigenvalue weighted by atomic mass is 9.96. The third kappa shape index (κ3) is 2.79. The lowest BCUT2D eigenvalue weighted by Gasteiger charge is -2.38. The molecule has 2 fully saturated rings. The first-order chi connectivity index (χ1) is 8.01. The molecule has 17 heavy (non-hydrogen) atoms. The van der Waals surface area contributed by atoms with Crippen LogP contribution >= 0.6 is 0 Å². The van der Waals surface area contributed by atoms with Crippen molar-refractivity contribution < 1.29 is 13.2 Å². The Labute approximate surface area is 103 Å².